The molecule has 0 aliphatic heterocycles. The van der Waals surface area contributed by atoms with Gasteiger partial charge in [-0.2, -0.15) is 0 Å². The first-order valence-corrected chi connectivity index (χ1v) is 7.62. The summed E-state index contributed by atoms with van der Waals surface area (Å²) in [5.41, 5.74) is 0.905. The molecule has 1 aromatic carbocycles. The second kappa shape index (κ2) is 7.97. The van der Waals surface area contributed by atoms with E-state index < -0.39 is 18.2 Å². The normalized spacial score (nSPS) is 13.3. The molecule has 3 N–H and O–H groups in total. The Kier molecular flexibility index (Phi) is 6.57. The molecule has 0 fully saturated rings. The number of aliphatic hydroxyl groups is 1. The van der Waals surface area contributed by atoms with Crippen LogP contribution in [-0.2, 0) is 4.79 Å². The van der Waals surface area contributed by atoms with Crippen molar-refractivity contribution in [3.63, 3.8) is 0 Å². The second-order valence-corrected chi connectivity index (χ2v) is 6.05. The molecular formula is C17H25NO5. The number of aliphatic carboxylic acids is 1. The molecule has 0 heterocycles. The molecule has 1 amide bonds. The Labute approximate surface area is 136 Å². The molecule has 0 saturated carbocycles. The first kappa shape index (κ1) is 19.0. The van der Waals surface area contributed by atoms with Crippen molar-refractivity contribution in [1.82, 2.24) is 5.32 Å². The molecule has 23 heavy (non-hydrogen) atoms. The second-order valence-electron chi connectivity index (χ2n) is 6.05. The van der Waals surface area contributed by atoms with Gasteiger partial charge in [-0.3, -0.25) is 4.79 Å². The fourth-order valence-electron chi connectivity index (χ4n) is 2.44. The summed E-state index contributed by atoms with van der Waals surface area (Å²) >= 11 is 0. The number of carbonyl (C=O) groups excluding carboxylic acids is 1. The van der Waals surface area contributed by atoms with E-state index in [1.54, 1.807) is 32.9 Å². The van der Waals surface area contributed by atoms with Crippen LogP contribution in [-0.4, -0.2) is 40.8 Å². The largest absolute Gasteiger partial charge is 0.481 e. The Bertz CT molecular complexity index is 557. The minimum atomic E-state index is -1.05. The van der Waals surface area contributed by atoms with Gasteiger partial charge in [-0.05, 0) is 50.5 Å². The van der Waals surface area contributed by atoms with Gasteiger partial charge >= 0.3 is 5.97 Å². The highest BCUT2D eigenvalue weighted by Gasteiger charge is 2.21. The van der Waals surface area contributed by atoms with Gasteiger partial charge in [-0.15, -0.1) is 0 Å². The van der Waals surface area contributed by atoms with Crippen LogP contribution in [0.15, 0.2) is 12.1 Å². The third-order valence-corrected chi connectivity index (χ3v) is 3.48. The van der Waals surface area contributed by atoms with Crippen LogP contribution in [0.1, 0.15) is 48.2 Å². The average Bonchev–Trinajstić information content (AvgIpc) is 2.43. The van der Waals surface area contributed by atoms with Gasteiger partial charge in [0.05, 0.1) is 5.60 Å². The molecule has 6 heteroatoms. The summed E-state index contributed by atoms with van der Waals surface area (Å²) in [6.07, 6.45) is 1.43. The van der Waals surface area contributed by atoms with Crippen LogP contribution < -0.4 is 10.1 Å². The molecule has 0 aliphatic carbocycles. The predicted octanol–water partition coefficient (Wildman–Crippen LogP) is 2.05. The summed E-state index contributed by atoms with van der Waals surface area (Å²) in [4.78, 5) is 22.8. The number of ether oxygens (including phenoxy) is 1. The number of nitrogens with one attached hydrogen (secondary N) is 1. The Hall–Kier alpha value is -2.08. The molecule has 6 nitrogen and oxygen atoms in total. The SMILES string of the molecule is CCCC(C)(O)CNC(=O)c1cc(C)c(OCC(=O)O)c(C)c1. The lowest BCUT2D eigenvalue weighted by atomic mass is 10.0. The van der Waals surface area contributed by atoms with Gasteiger partial charge in [-0.1, -0.05) is 13.3 Å². The van der Waals surface area contributed by atoms with Gasteiger partial charge in [0.15, 0.2) is 6.61 Å². The highest BCUT2D eigenvalue weighted by Crippen LogP contribution is 2.25. The molecule has 0 bridgehead atoms. The van der Waals surface area contributed by atoms with Crippen molar-refractivity contribution in [3.05, 3.63) is 28.8 Å². The fraction of sp³-hybridized carbons (Fsp3) is 0.529. The monoisotopic (exact) mass is 323 g/mol. The van der Waals surface area contributed by atoms with E-state index >= 15 is 0 Å². The van der Waals surface area contributed by atoms with Crippen molar-refractivity contribution in [2.45, 2.75) is 46.1 Å². The fourth-order valence-corrected chi connectivity index (χ4v) is 2.44. The van der Waals surface area contributed by atoms with Crippen molar-refractivity contribution >= 4 is 11.9 Å². The van der Waals surface area contributed by atoms with Crippen LogP contribution in [0.25, 0.3) is 0 Å². The van der Waals surface area contributed by atoms with Crippen molar-refractivity contribution < 1.29 is 24.5 Å². The van der Waals surface area contributed by atoms with Crippen LogP contribution in [0.2, 0.25) is 0 Å². The van der Waals surface area contributed by atoms with E-state index in [4.69, 9.17) is 9.84 Å². The maximum absolute atomic E-state index is 12.2. The average molecular weight is 323 g/mol. The van der Waals surface area contributed by atoms with E-state index in [2.05, 4.69) is 5.32 Å². The lowest BCUT2D eigenvalue weighted by Gasteiger charge is -2.23. The number of carboxylic acids is 1. The molecule has 128 valence electrons. The van der Waals surface area contributed by atoms with Gasteiger partial charge in [0.25, 0.3) is 5.91 Å². The maximum atomic E-state index is 12.2. The Morgan fingerprint density at radius 2 is 1.83 bits per heavy atom. The number of carboxylic acid groups (broad SMARTS) is 1. The molecule has 1 atom stereocenters. The number of carbonyl (C=O) groups is 2. The minimum absolute atomic E-state index is 0.176. The zero-order chi connectivity index (χ0) is 17.6. The number of benzene rings is 1. The van der Waals surface area contributed by atoms with E-state index in [0.29, 0.717) is 28.9 Å². The smallest absolute Gasteiger partial charge is 0.341 e. The van der Waals surface area contributed by atoms with Gasteiger partial charge in [0, 0.05) is 12.1 Å². The summed E-state index contributed by atoms with van der Waals surface area (Å²) in [7, 11) is 0. The standard InChI is InChI=1S/C17H25NO5/c1-5-6-17(4,22)10-18-16(21)13-7-11(2)15(12(3)8-13)23-9-14(19)20/h7-8,22H,5-6,9-10H2,1-4H3,(H,18,21)(H,19,20). The highest BCUT2D eigenvalue weighted by atomic mass is 16.5. The molecule has 1 unspecified atom stereocenters. The zero-order valence-electron chi connectivity index (χ0n) is 14.1. The Morgan fingerprint density at radius 3 is 2.30 bits per heavy atom. The minimum Gasteiger partial charge on any atom is -0.481 e. The summed E-state index contributed by atoms with van der Waals surface area (Å²) in [6, 6.07) is 3.29. The zero-order valence-corrected chi connectivity index (χ0v) is 14.1. The Balaban J connectivity index is 2.81. The van der Waals surface area contributed by atoms with Crippen LogP contribution in [0.4, 0.5) is 0 Å². The van der Waals surface area contributed by atoms with Crippen molar-refractivity contribution in [3.8, 4) is 5.75 Å². The third kappa shape index (κ3) is 5.90. The van der Waals surface area contributed by atoms with Gasteiger partial charge < -0.3 is 20.3 Å². The summed E-state index contributed by atoms with van der Waals surface area (Å²) in [6.45, 7) is 6.93. The topological polar surface area (TPSA) is 95.9 Å². The first-order valence-electron chi connectivity index (χ1n) is 7.62. The molecule has 1 aromatic rings. The lowest BCUT2D eigenvalue weighted by molar-refractivity contribution is -0.139. The third-order valence-electron chi connectivity index (χ3n) is 3.48. The van der Waals surface area contributed by atoms with E-state index in [0.717, 1.165) is 6.42 Å². The van der Waals surface area contributed by atoms with Gasteiger partial charge in [0.2, 0.25) is 0 Å². The van der Waals surface area contributed by atoms with Crippen LogP contribution in [0.3, 0.4) is 0 Å². The van der Waals surface area contributed by atoms with Crippen LogP contribution in [0, 0.1) is 13.8 Å². The number of hydrogen-bond donors (Lipinski definition) is 3. The molecule has 1 rings (SSSR count). The molecule has 0 aliphatic rings. The van der Waals surface area contributed by atoms with Crippen molar-refractivity contribution in [2.75, 3.05) is 13.2 Å². The summed E-state index contributed by atoms with van der Waals surface area (Å²) < 4.78 is 5.24. The van der Waals surface area contributed by atoms with Crippen molar-refractivity contribution in [2.24, 2.45) is 0 Å². The Morgan fingerprint density at radius 1 is 1.26 bits per heavy atom. The summed E-state index contributed by atoms with van der Waals surface area (Å²) in [5.74, 6) is -0.858. The molecule has 0 spiro atoms. The number of amides is 1. The van der Waals surface area contributed by atoms with E-state index in [-0.39, 0.29) is 12.5 Å². The predicted molar refractivity (Wildman–Crippen MR) is 86.9 cm³/mol. The molecule has 0 radical (unpaired) electrons. The highest BCUT2D eigenvalue weighted by molar-refractivity contribution is 5.95. The molecule has 0 saturated heterocycles. The van der Waals surface area contributed by atoms with Gasteiger partial charge in [-0.25, -0.2) is 4.79 Å². The number of hydrogen-bond acceptors (Lipinski definition) is 4. The maximum Gasteiger partial charge on any atom is 0.341 e. The van der Waals surface area contributed by atoms with Crippen molar-refractivity contribution in [1.29, 1.82) is 0 Å². The van der Waals surface area contributed by atoms with Crippen LogP contribution >= 0.6 is 0 Å². The number of rotatable bonds is 8. The van der Waals surface area contributed by atoms with Crippen LogP contribution in [0.5, 0.6) is 5.75 Å². The van der Waals surface area contributed by atoms with E-state index in [1.165, 1.54) is 0 Å². The van der Waals surface area contributed by atoms with Gasteiger partial charge in [0.1, 0.15) is 5.75 Å². The quantitative estimate of drug-likeness (QED) is 0.680. The summed E-state index contributed by atoms with van der Waals surface area (Å²) in [5, 5.41) is 21.5. The lowest BCUT2D eigenvalue weighted by Crippen LogP contribution is -2.40. The molecule has 0 aromatic heterocycles. The number of aryl methyl sites for hydroxylation is 2. The molecular weight excluding hydrogens is 298 g/mol. The van der Waals surface area contributed by atoms with E-state index in [9.17, 15) is 14.7 Å². The first-order chi connectivity index (χ1) is 10.7. The van der Waals surface area contributed by atoms with E-state index in [1.807, 2.05) is 6.92 Å².